The number of anilines is 2. The van der Waals surface area contributed by atoms with E-state index in [1.165, 1.54) is 0 Å². The first kappa shape index (κ1) is 16.3. The zero-order chi connectivity index (χ0) is 16.8. The molecule has 0 saturated heterocycles. The molecule has 24 heavy (non-hydrogen) atoms. The number of pyridine rings is 1. The van der Waals surface area contributed by atoms with Crippen LogP contribution in [0.4, 0.5) is 11.4 Å². The largest absolute Gasteiger partial charge is 0.492 e. The number of nitrogens with one attached hydrogen (secondary N) is 1. The third kappa shape index (κ3) is 4.04. The first-order chi connectivity index (χ1) is 11.7. The number of hydrogen-bond donors (Lipinski definition) is 1. The van der Waals surface area contributed by atoms with Crippen LogP contribution in [0.1, 0.15) is 26.2 Å². The standard InChI is InChI=1S/C19H23N3O2/c1-15-10-12-22(18-8-3-2-7-17(18)21-15)19(23)9-5-13-24-16-6-4-11-20-14-16/h2-4,6-8,11,14-15,21H,5,9-10,12-13H2,1H3/t15-/m1/s1. The van der Waals surface area contributed by atoms with Crippen LogP contribution >= 0.6 is 0 Å². The summed E-state index contributed by atoms with van der Waals surface area (Å²) in [5.41, 5.74) is 2.00. The van der Waals surface area contributed by atoms with Crippen LogP contribution < -0.4 is 15.0 Å². The van der Waals surface area contributed by atoms with E-state index >= 15 is 0 Å². The van der Waals surface area contributed by atoms with Gasteiger partial charge < -0.3 is 15.0 Å². The Morgan fingerprint density at radius 2 is 2.21 bits per heavy atom. The van der Waals surface area contributed by atoms with Crippen LogP contribution in [0.5, 0.6) is 5.75 Å². The summed E-state index contributed by atoms with van der Waals surface area (Å²) in [6, 6.07) is 12.1. The van der Waals surface area contributed by atoms with Crippen LogP contribution in [0.25, 0.3) is 0 Å². The van der Waals surface area contributed by atoms with E-state index in [-0.39, 0.29) is 5.91 Å². The zero-order valence-electron chi connectivity index (χ0n) is 13.9. The predicted octanol–water partition coefficient (Wildman–Crippen LogP) is 3.48. The first-order valence-corrected chi connectivity index (χ1v) is 8.43. The monoisotopic (exact) mass is 325 g/mol. The van der Waals surface area contributed by atoms with Gasteiger partial charge in [-0.15, -0.1) is 0 Å². The molecule has 0 saturated carbocycles. The van der Waals surface area contributed by atoms with E-state index in [0.29, 0.717) is 25.5 Å². The van der Waals surface area contributed by atoms with Crippen molar-refractivity contribution < 1.29 is 9.53 Å². The third-order valence-corrected chi connectivity index (χ3v) is 4.12. The van der Waals surface area contributed by atoms with E-state index in [0.717, 1.165) is 30.1 Å². The van der Waals surface area contributed by atoms with Crippen molar-refractivity contribution in [3.63, 3.8) is 0 Å². The SMILES string of the molecule is C[C@@H]1CCN(C(=O)CCCOc2cccnc2)c2ccccc2N1. The van der Waals surface area contributed by atoms with Gasteiger partial charge in [0.2, 0.25) is 5.91 Å². The molecule has 0 fully saturated rings. The van der Waals surface area contributed by atoms with Gasteiger partial charge in [0, 0.05) is 25.2 Å². The summed E-state index contributed by atoms with van der Waals surface area (Å²) in [6.45, 7) is 3.40. The van der Waals surface area contributed by atoms with Gasteiger partial charge in [-0.1, -0.05) is 12.1 Å². The zero-order valence-corrected chi connectivity index (χ0v) is 13.9. The Labute approximate surface area is 142 Å². The fourth-order valence-corrected chi connectivity index (χ4v) is 2.85. The Hall–Kier alpha value is -2.56. The predicted molar refractivity (Wildman–Crippen MR) is 95.5 cm³/mol. The fourth-order valence-electron chi connectivity index (χ4n) is 2.85. The van der Waals surface area contributed by atoms with Crippen molar-refractivity contribution in [1.82, 2.24) is 4.98 Å². The number of ether oxygens (including phenoxy) is 1. The number of fused-ring (bicyclic) bond motifs is 1. The van der Waals surface area contributed by atoms with Crippen LogP contribution in [0.3, 0.4) is 0 Å². The number of amides is 1. The Morgan fingerprint density at radius 3 is 3.04 bits per heavy atom. The van der Waals surface area contributed by atoms with Gasteiger partial charge in [-0.3, -0.25) is 9.78 Å². The minimum absolute atomic E-state index is 0.146. The average molecular weight is 325 g/mol. The highest BCUT2D eigenvalue weighted by molar-refractivity contribution is 5.97. The number of carbonyl (C=O) groups is 1. The molecule has 1 aliphatic rings. The van der Waals surface area contributed by atoms with Crippen LogP contribution in [0.2, 0.25) is 0 Å². The van der Waals surface area contributed by atoms with Crippen LogP contribution in [-0.4, -0.2) is 30.1 Å². The van der Waals surface area contributed by atoms with E-state index in [1.54, 1.807) is 12.4 Å². The highest BCUT2D eigenvalue weighted by Crippen LogP contribution is 2.30. The molecule has 0 radical (unpaired) electrons. The molecular formula is C19H23N3O2. The van der Waals surface area contributed by atoms with Crippen molar-refractivity contribution in [2.24, 2.45) is 0 Å². The van der Waals surface area contributed by atoms with E-state index in [4.69, 9.17) is 4.74 Å². The number of hydrogen-bond acceptors (Lipinski definition) is 4. The first-order valence-electron chi connectivity index (χ1n) is 8.43. The molecule has 1 N–H and O–H groups in total. The van der Waals surface area contributed by atoms with Crippen molar-refractivity contribution >= 4 is 17.3 Å². The van der Waals surface area contributed by atoms with E-state index < -0.39 is 0 Å². The van der Waals surface area contributed by atoms with Gasteiger partial charge in [-0.05, 0) is 44.0 Å². The van der Waals surface area contributed by atoms with E-state index in [1.807, 2.05) is 41.3 Å². The van der Waals surface area contributed by atoms with Crippen molar-refractivity contribution in [1.29, 1.82) is 0 Å². The molecule has 126 valence electrons. The highest BCUT2D eigenvalue weighted by atomic mass is 16.5. The molecule has 0 unspecified atom stereocenters. The lowest BCUT2D eigenvalue weighted by Gasteiger charge is -2.22. The molecule has 1 amide bonds. The molecule has 1 aromatic carbocycles. The summed E-state index contributed by atoms with van der Waals surface area (Å²) >= 11 is 0. The van der Waals surface area contributed by atoms with Crippen LogP contribution in [0, 0.1) is 0 Å². The maximum absolute atomic E-state index is 12.7. The fraction of sp³-hybridized carbons (Fsp3) is 0.368. The topological polar surface area (TPSA) is 54.5 Å². The van der Waals surface area contributed by atoms with Crippen molar-refractivity contribution in [3.05, 3.63) is 48.8 Å². The lowest BCUT2D eigenvalue weighted by molar-refractivity contribution is -0.118. The molecule has 0 bridgehead atoms. The quantitative estimate of drug-likeness (QED) is 0.855. The number of rotatable bonds is 5. The summed E-state index contributed by atoms with van der Waals surface area (Å²) in [5.74, 6) is 0.885. The smallest absolute Gasteiger partial charge is 0.227 e. The molecule has 0 spiro atoms. The summed E-state index contributed by atoms with van der Waals surface area (Å²) in [4.78, 5) is 18.6. The normalized spacial score (nSPS) is 16.7. The van der Waals surface area contributed by atoms with Crippen molar-refractivity contribution in [2.75, 3.05) is 23.4 Å². The Balaban J connectivity index is 1.56. The summed E-state index contributed by atoms with van der Waals surface area (Å²) in [6.07, 6.45) is 5.49. The average Bonchev–Trinajstić information content (AvgIpc) is 2.77. The maximum atomic E-state index is 12.7. The third-order valence-electron chi connectivity index (χ3n) is 4.12. The molecule has 1 aliphatic heterocycles. The van der Waals surface area contributed by atoms with Gasteiger partial charge in [-0.2, -0.15) is 0 Å². The number of para-hydroxylation sites is 2. The van der Waals surface area contributed by atoms with Gasteiger partial charge in [0.1, 0.15) is 5.75 Å². The Morgan fingerprint density at radius 1 is 1.33 bits per heavy atom. The lowest BCUT2D eigenvalue weighted by Crippen LogP contribution is -2.32. The second-order valence-electron chi connectivity index (χ2n) is 6.04. The second-order valence-corrected chi connectivity index (χ2v) is 6.04. The minimum Gasteiger partial charge on any atom is -0.492 e. The lowest BCUT2D eigenvalue weighted by atomic mass is 10.2. The van der Waals surface area contributed by atoms with E-state index in [9.17, 15) is 4.79 Å². The van der Waals surface area contributed by atoms with Gasteiger partial charge in [0.15, 0.2) is 0 Å². The van der Waals surface area contributed by atoms with E-state index in [2.05, 4.69) is 17.2 Å². The molecule has 0 aliphatic carbocycles. The molecule has 1 aromatic heterocycles. The summed E-state index contributed by atoms with van der Waals surface area (Å²) in [7, 11) is 0. The number of aromatic nitrogens is 1. The van der Waals surface area contributed by atoms with Crippen LogP contribution in [-0.2, 0) is 4.79 Å². The Bertz CT molecular complexity index is 675. The molecule has 3 rings (SSSR count). The minimum atomic E-state index is 0.146. The van der Waals surface area contributed by atoms with Gasteiger partial charge in [0.05, 0.1) is 24.2 Å². The number of nitrogens with zero attached hydrogens (tertiary/aromatic N) is 2. The van der Waals surface area contributed by atoms with Crippen molar-refractivity contribution in [3.8, 4) is 5.75 Å². The summed E-state index contributed by atoms with van der Waals surface area (Å²) in [5, 5.41) is 3.47. The van der Waals surface area contributed by atoms with Gasteiger partial charge in [-0.25, -0.2) is 0 Å². The Kier molecular flexibility index (Phi) is 5.31. The molecule has 5 nitrogen and oxygen atoms in total. The highest BCUT2D eigenvalue weighted by Gasteiger charge is 2.22. The molecule has 2 heterocycles. The van der Waals surface area contributed by atoms with Crippen molar-refractivity contribution in [2.45, 2.75) is 32.2 Å². The molecule has 2 aromatic rings. The van der Waals surface area contributed by atoms with Gasteiger partial charge >= 0.3 is 0 Å². The van der Waals surface area contributed by atoms with Crippen LogP contribution in [0.15, 0.2) is 48.8 Å². The summed E-state index contributed by atoms with van der Waals surface area (Å²) < 4.78 is 5.61. The molecule has 5 heteroatoms. The number of benzene rings is 1. The number of carbonyl (C=O) groups excluding carboxylic acids is 1. The molecular weight excluding hydrogens is 302 g/mol. The van der Waals surface area contributed by atoms with Gasteiger partial charge in [0.25, 0.3) is 0 Å². The maximum Gasteiger partial charge on any atom is 0.227 e. The molecule has 1 atom stereocenters. The second kappa shape index (κ2) is 7.81.